The molecule has 0 radical (unpaired) electrons. The highest BCUT2D eigenvalue weighted by Gasteiger charge is 2.40. The van der Waals surface area contributed by atoms with Crippen molar-refractivity contribution in [3.8, 4) is 0 Å². The van der Waals surface area contributed by atoms with Gasteiger partial charge in [0.25, 0.3) is 0 Å². The Balaban J connectivity index is 2.08. The van der Waals surface area contributed by atoms with Gasteiger partial charge in [-0.15, -0.1) is 0 Å². The smallest absolute Gasteiger partial charge is 0.0596 e. The lowest BCUT2D eigenvalue weighted by atomic mass is 9.77. The maximum Gasteiger partial charge on any atom is 0.0596 e. The molecule has 0 amide bonds. The molecule has 2 rings (SSSR count). The van der Waals surface area contributed by atoms with Crippen molar-refractivity contribution in [1.82, 2.24) is 0 Å². The Labute approximate surface area is 75.2 Å². The van der Waals surface area contributed by atoms with Crippen LogP contribution in [0.5, 0.6) is 0 Å². The number of aliphatic hydroxyl groups is 1. The first kappa shape index (κ1) is 8.55. The Morgan fingerprint density at radius 3 is 2.08 bits per heavy atom. The summed E-state index contributed by atoms with van der Waals surface area (Å²) in [6.45, 7) is 0. The van der Waals surface area contributed by atoms with Crippen molar-refractivity contribution in [2.24, 2.45) is 5.41 Å². The van der Waals surface area contributed by atoms with Crippen LogP contribution < -0.4 is 0 Å². The molecule has 0 aromatic heterocycles. The van der Waals surface area contributed by atoms with Crippen LogP contribution in [0.15, 0.2) is 0 Å². The van der Waals surface area contributed by atoms with Crippen molar-refractivity contribution in [2.75, 3.05) is 0 Å². The van der Waals surface area contributed by atoms with E-state index in [4.69, 9.17) is 0 Å². The van der Waals surface area contributed by atoms with Gasteiger partial charge in [-0.3, -0.25) is 0 Å². The molecule has 2 aliphatic rings. The lowest BCUT2D eigenvalue weighted by molar-refractivity contribution is 0.0226. The van der Waals surface area contributed by atoms with Crippen molar-refractivity contribution in [2.45, 2.75) is 63.9 Å². The summed E-state index contributed by atoms with van der Waals surface area (Å²) in [6.07, 6.45) is 11.7. The lowest BCUT2D eigenvalue weighted by Crippen LogP contribution is -2.31. The van der Waals surface area contributed by atoms with Crippen LogP contribution in [0.4, 0.5) is 0 Å². The van der Waals surface area contributed by atoms with E-state index in [9.17, 15) is 5.11 Å². The van der Waals surface area contributed by atoms with Gasteiger partial charge in [-0.25, -0.2) is 0 Å². The van der Waals surface area contributed by atoms with Crippen LogP contribution >= 0.6 is 0 Å². The van der Waals surface area contributed by atoms with Gasteiger partial charge in [-0.1, -0.05) is 32.1 Å². The third-order valence-electron chi connectivity index (χ3n) is 3.96. The topological polar surface area (TPSA) is 20.2 Å². The van der Waals surface area contributed by atoms with E-state index in [1.54, 1.807) is 0 Å². The second kappa shape index (κ2) is 3.37. The molecule has 70 valence electrons. The van der Waals surface area contributed by atoms with Gasteiger partial charge in [-0.05, 0) is 31.1 Å². The van der Waals surface area contributed by atoms with Crippen molar-refractivity contribution in [3.05, 3.63) is 0 Å². The molecule has 12 heavy (non-hydrogen) atoms. The summed E-state index contributed by atoms with van der Waals surface area (Å²) in [5, 5.41) is 10.0. The van der Waals surface area contributed by atoms with E-state index >= 15 is 0 Å². The zero-order valence-corrected chi connectivity index (χ0v) is 7.89. The number of hydrogen-bond acceptors (Lipinski definition) is 1. The summed E-state index contributed by atoms with van der Waals surface area (Å²) < 4.78 is 0. The first-order valence-corrected chi connectivity index (χ1v) is 5.52. The molecule has 0 bridgehead atoms. The van der Waals surface area contributed by atoms with Crippen LogP contribution in [0.2, 0.25) is 0 Å². The van der Waals surface area contributed by atoms with Gasteiger partial charge in [0, 0.05) is 0 Å². The summed E-state index contributed by atoms with van der Waals surface area (Å²) in [5.74, 6) is 0. The van der Waals surface area contributed by atoms with Crippen LogP contribution in [0.3, 0.4) is 0 Å². The van der Waals surface area contributed by atoms with Gasteiger partial charge >= 0.3 is 0 Å². The fraction of sp³-hybridized carbons (Fsp3) is 1.00. The predicted octanol–water partition coefficient (Wildman–Crippen LogP) is 2.87. The molecular weight excluding hydrogens is 148 g/mol. The van der Waals surface area contributed by atoms with E-state index in [0.29, 0.717) is 5.41 Å². The number of aliphatic hydroxyl groups excluding tert-OH is 1. The van der Waals surface area contributed by atoms with Gasteiger partial charge in [0.05, 0.1) is 6.10 Å². The van der Waals surface area contributed by atoms with E-state index in [-0.39, 0.29) is 6.10 Å². The second-order valence-electron chi connectivity index (χ2n) is 4.68. The van der Waals surface area contributed by atoms with E-state index < -0.39 is 0 Å². The summed E-state index contributed by atoms with van der Waals surface area (Å²) in [5.41, 5.74) is 0.372. The van der Waals surface area contributed by atoms with Crippen LogP contribution in [0.25, 0.3) is 0 Å². The van der Waals surface area contributed by atoms with Crippen molar-refractivity contribution >= 4 is 0 Å². The van der Waals surface area contributed by atoms with Gasteiger partial charge in [0.15, 0.2) is 0 Å². The normalized spacial score (nSPS) is 35.2. The Morgan fingerprint density at radius 1 is 0.833 bits per heavy atom. The number of hydrogen-bond donors (Lipinski definition) is 1. The zero-order chi connectivity index (χ0) is 8.44. The molecule has 2 saturated carbocycles. The molecule has 1 heteroatoms. The molecule has 1 nitrogen and oxygen atoms in total. The molecular formula is C11H20O. The van der Waals surface area contributed by atoms with Crippen molar-refractivity contribution < 1.29 is 5.11 Å². The van der Waals surface area contributed by atoms with Gasteiger partial charge in [0.1, 0.15) is 0 Å². The van der Waals surface area contributed by atoms with Gasteiger partial charge in [-0.2, -0.15) is 0 Å². The zero-order valence-electron chi connectivity index (χ0n) is 7.89. The minimum Gasteiger partial charge on any atom is -0.393 e. The van der Waals surface area contributed by atoms with Crippen LogP contribution in [0, 0.1) is 5.41 Å². The van der Waals surface area contributed by atoms with Crippen LogP contribution in [-0.2, 0) is 0 Å². The fourth-order valence-electron chi connectivity index (χ4n) is 3.13. The minimum atomic E-state index is 0.0301. The molecule has 2 aliphatic carbocycles. The average Bonchev–Trinajstić information content (AvgIpc) is 2.45. The Morgan fingerprint density at radius 2 is 1.42 bits per heavy atom. The average molecular weight is 168 g/mol. The highest BCUT2D eigenvalue weighted by molar-refractivity contribution is 4.91. The maximum atomic E-state index is 10.0. The molecule has 1 unspecified atom stereocenters. The van der Waals surface area contributed by atoms with Crippen molar-refractivity contribution in [3.63, 3.8) is 0 Å². The molecule has 0 saturated heterocycles. The second-order valence-corrected chi connectivity index (χ2v) is 4.68. The monoisotopic (exact) mass is 168 g/mol. The SMILES string of the molecule is OC1CCCCCC12CCCC2. The largest absolute Gasteiger partial charge is 0.393 e. The van der Waals surface area contributed by atoms with E-state index in [1.807, 2.05) is 0 Å². The first-order valence-electron chi connectivity index (χ1n) is 5.52. The van der Waals surface area contributed by atoms with E-state index in [2.05, 4.69) is 0 Å². The van der Waals surface area contributed by atoms with E-state index in [0.717, 1.165) is 6.42 Å². The Hall–Kier alpha value is -0.0400. The minimum absolute atomic E-state index is 0.0301. The highest BCUT2D eigenvalue weighted by Crippen LogP contribution is 2.47. The molecule has 1 N–H and O–H groups in total. The van der Waals surface area contributed by atoms with Gasteiger partial charge < -0.3 is 5.11 Å². The summed E-state index contributed by atoms with van der Waals surface area (Å²) in [4.78, 5) is 0. The van der Waals surface area contributed by atoms with E-state index in [1.165, 1.54) is 51.4 Å². The lowest BCUT2D eigenvalue weighted by Gasteiger charge is -2.32. The molecule has 1 spiro atoms. The third-order valence-corrected chi connectivity index (χ3v) is 3.96. The standard InChI is InChI=1S/C11H20O/c12-10-6-2-1-3-7-11(10)8-4-5-9-11/h10,12H,1-9H2. The van der Waals surface area contributed by atoms with Gasteiger partial charge in [0.2, 0.25) is 0 Å². The maximum absolute atomic E-state index is 10.0. The molecule has 0 aromatic carbocycles. The highest BCUT2D eigenvalue weighted by atomic mass is 16.3. The first-order chi connectivity index (χ1) is 5.83. The predicted molar refractivity (Wildman–Crippen MR) is 50.0 cm³/mol. The molecule has 0 heterocycles. The Bertz CT molecular complexity index is 147. The molecule has 0 aromatic rings. The summed E-state index contributed by atoms with van der Waals surface area (Å²) in [6, 6.07) is 0. The molecule has 1 atom stereocenters. The van der Waals surface area contributed by atoms with Crippen LogP contribution in [0.1, 0.15) is 57.8 Å². The summed E-state index contributed by atoms with van der Waals surface area (Å²) >= 11 is 0. The Kier molecular flexibility index (Phi) is 2.40. The number of rotatable bonds is 0. The quantitative estimate of drug-likeness (QED) is 0.589. The van der Waals surface area contributed by atoms with Crippen LogP contribution in [-0.4, -0.2) is 11.2 Å². The molecule has 0 aliphatic heterocycles. The molecule has 2 fully saturated rings. The summed E-state index contributed by atoms with van der Waals surface area (Å²) in [7, 11) is 0. The fourth-order valence-corrected chi connectivity index (χ4v) is 3.13. The van der Waals surface area contributed by atoms with Crippen molar-refractivity contribution in [1.29, 1.82) is 0 Å². The third kappa shape index (κ3) is 1.39.